The van der Waals surface area contributed by atoms with E-state index in [-0.39, 0.29) is 23.4 Å². The summed E-state index contributed by atoms with van der Waals surface area (Å²) in [7, 11) is -4.11. The van der Waals surface area contributed by atoms with E-state index in [2.05, 4.69) is 21.2 Å². The van der Waals surface area contributed by atoms with Gasteiger partial charge in [-0.2, -0.15) is 0 Å². The molecule has 1 N–H and O–H groups in total. The molecular formula is C30H33BrClN3O4S. The molecule has 1 atom stereocenters. The third kappa shape index (κ3) is 7.65. The Balaban J connectivity index is 1.66. The number of hydrogen-bond donors (Lipinski definition) is 1. The number of hydrogen-bond acceptors (Lipinski definition) is 4. The highest BCUT2D eigenvalue weighted by atomic mass is 79.9. The van der Waals surface area contributed by atoms with Gasteiger partial charge in [-0.15, -0.1) is 0 Å². The molecule has 1 aliphatic carbocycles. The van der Waals surface area contributed by atoms with Crippen molar-refractivity contribution in [2.75, 3.05) is 10.8 Å². The van der Waals surface area contributed by atoms with Crippen LogP contribution in [0.4, 0.5) is 5.69 Å². The molecule has 0 unspecified atom stereocenters. The first-order valence-electron chi connectivity index (χ1n) is 13.3. The second-order valence-electron chi connectivity index (χ2n) is 9.97. The molecule has 3 aromatic carbocycles. The van der Waals surface area contributed by atoms with Crippen LogP contribution in [0.2, 0.25) is 5.02 Å². The second-order valence-corrected chi connectivity index (χ2v) is 13.2. The Morgan fingerprint density at radius 3 is 2.30 bits per heavy atom. The van der Waals surface area contributed by atoms with Crippen LogP contribution >= 0.6 is 27.5 Å². The van der Waals surface area contributed by atoms with Crippen LogP contribution in [0.3, 0.4) is 0 Å². The van der Waals surface area contributed by atoms with E-state index in [1.807, 2.05) is 24.3 Å². The van der Waals surface area contributed by atoms with Gasteiger partial charge in [-0.25, -0.2) is 8.42 Å². The number of halogens is 2. The monoisotopic (exact) mass is 645 g/mol. The van der Waals surface area contributed by atoms with Gasteiger partial charge in [0.25, 0.3) is 10.0 Å². The molecule has 10 heteroatoms. The van der Waals surface area contributed by atoms with Crippen LogP contribution in [-0.4, -0.2) is 43.8 Å². The summed E-state index contributed by atoms with van der Waals surface area (Å²) in [5.74, 6) is -0.750. The minimum atomic E-state index is -4.11. The van der Waals surface area contributed by atoms with Gasteiger partial charge in [-0.3, -0.25) is 13.9 Å². The molecular weight excluding hydrogens is 614 g/mol. The molecule has 40 heavy (non-hydrogen) atoms. The Labute approximate surface area is 249 Å². The lowest BCUT2D eigenvalue weighted by atomic mass is 9.95. The SMILES string of the molecule is C[C@@H](C(=O)NC1CCCCC1)N(Cc1cccc(Br)c1)C(=O)CN(c1ccc(Cl)cc1)S(=O)(=O)c1ccccc1. The minimum absolute atomic E-state index is 0.0550. The molecule has 4 rings (SSSR count). The van der Waals surface area contributed by atoms with Crippen LogP contribution in [0.5, 0.6) is 0 Å². The highest BCUT2D eigenvalue weighted by Crippen LogP contribution is 2.26. The van der Waals surface area contributed by atoms with Gasteiger partial charge >= 0.3 is 0 Å². The van der Waals surface area contributed by atoms with Crippen LogP contribution < -0.4 is 9.62 Å². The van der Waals surface area contributed by atoms with E-state index in [0.717, 1.165) is 46.4 Å². The lowest BCUT2D eigenvalue weighted by Gasteiger charge is -2.33. The number of anilines is 1. The first kappa shape index (κ1) is 30.1. The van der Waals surface area contributed by atoms with Crippen molar-refractivity contribution >= 4 is 55.1 Å². The van der Waals surface area contributed by atoms with Gasteiger partial charge in [0, 0.05) is 22.1 Å². The largest absolute Gasteiger partial charge is 0.352 e. The maximum Gasteiger partial charge on any atom is 0.264 e. The number of rotatable bonds is 10. The molecule has 1 saturated carbocycles. The summed E-state index contributed by atoms with van der Waals surface area (Å²) >= 11 is 9.54. The Kier molecular flexibility index (Phi) is 10.3. The molecule has 2 amide bonds. The molecule has 0 spiro atoms. The maximum absolute atomic E-state index is 14.0. The third-order valence-electron chi connectivity index (χ3n) is 7.09. The van der Waals surface area contributed by atoms with Crippen molar-refractivity contribution in [3.05, 3.63) is 93.9 Å². The van der Waals surface area contributed by atoms with Gasteiger partial charge in [0.05, 0.1) is 10.6 Å². The van der Waals surface area contributed by atoms with Crippen molar-refractivity contribution in [3.63, 3.8) is 0 Å². The van der Waals surface area contributed by atoms with Crippen molar-refractivity contribution in [1.29, 1.82) is 0 Å². The number of benzene rings is 3. The fourth-order valence-electron chi connectivity index (χ4n) is 4.84. The summed E-state index contributed by atoms with van der Waals surface area (Å²) < 4.78 is 29.5. The quantitative estimate of drug-likeness (QED) is 0.286. The Hall–Kier alpha value is -2.88. The molecule has 0 radical (unpaired) electrons. The summed E-state index contributed by atoms with van der Waals surface area (Å²) in [4.78, 5) is 28.9. The van der Waals surface area contributed by atoms with E-state index in [4.69, 9.17) is 11.6 Å². The summed E-state index contributed by atoms with van der Waals surface area (Å²) in [5.41, 5.74) is 1.10. The molecule has 0 heterocycles. The molecule has 7 nitrogen and oxygen atoms in total. The minimum Gasteiger partial charge on any atom is -0.352 e. The second kappa shape index (κ2) is 13.7. The van der Waals surface area contributed by atoms with Crippen LogP contribution in [0.1, 0.15) is 44.6 Å². The zero-order valence-corrected chi connectivity index (χ0v) is 25.5. The maximum atomic E-state index is 14.0. The lowest BCUT2D eigenvalue weighted by molar-refractivity contribution is -0.139. The van der Waals surface area contributed by atoms with E-state index < -0.39 is 28.5 Å². The van der Waals surface area contributed by atoms with E-state index in [9.17, 15) is 18.0 Å². The number of nitrogens with zero attached hydrogens (tertiary/aromatic N) is 2. The molecule has 0 saturated heterocycles. The fraction of sp³-hybridized carbons (Fsp3) is 0.333. The number of nitrogens with one attached hydrogen (secondary N) is 1. The number of amides is 2. The van der Waals surface area contributed by atoms with E-state index in [1.165, 1.54) is 17.0 Å². The zero-order valence-electron chi connectivity index (χ0n) is 22.3. The Morgan fingerprint density at radius 2 is 1.65 bits per heavy atom. The molecule has 212 valence electrons. The number of carbonyl (C=O) groups excluding carboxylic acids is 2. The van der Waals surface area contributed by atoms with Gasteiger partial charge in [0.2, 0.25) is 11.8 Å². The van der Waals surface area contributed by atoms with Gasteiger partial charge < -0.3 is 10.2 Å². The fourth-order valence-corrected chi connectivity index (χ4v) is 6.85. The summed E-state index contributed by atoms with van der Waals surface area (Å²) in [5, 5.41) is 3.55. The summed E-state index contributed by atoms with van der Waals surface area (Å²) in [6.45, 7) is 1.33. The predicted octanol–water partition coefficient (Wildman–Crippen LogP) is 6.16. The highest BCUT2D eigenvalue weighted by molar-refractivity contribution is 9.10. The standard InChI is InChI=1S/C30H33BrClN3O4S/c1-22(30(37)33-26-11-4-2-5-12-26)34(20-23-9-8-10-24(31)19-23)29(36)21-35(27-17-15-25(32)16-18-27)40(38,39)28-13-6-3-7-14-28/h3,6-10,13-19,22,26H,2,4-5,11-12,20-21H2,1H3,(H,33,37)/t22-/m0/s1. The summed E-state index contributed by atoms with van der Waals surface area (Å²) in [6, 6.07) is 21.0. The summed E-state index contributed by atoms with van der Waals surface area (Å²) in [6.07, 6.45) is 5.11. The molecule has 0 aromatic heterocycles. The van der Waals surface area contributed by atoms with Gasteiger partial charge in [0.1, 0.15) is 12.6 Å². The smallest absolute Gasteiger partial charge is 0.264 e. The Bertz CT molecular complexity index is 1410. The first-order chi connectivity index (χ1) is 19.1. The van der Waals surface area contributed by atoms with Crippen molar-refractivity contribution in [2.24, 2.45) is 0 Å². The van der Waals surface area contributed by atoms with Crippen molar-refractivity contribution in [1.82, 2.24) is 10.2 Å². The number of carbonyl (C=O) groups is 2. The molecule has 1 aliphatic rings. The van der Waals surface area contributed by atoms with Crippen molar-refractivity contribution in [2.45, 2.75) is 62.6 Å². The molecule has 1 fully saturated rings. The molecule has 0 aliphatic heterocycles. The number of sulfonamides is 1. The van der Waals surface area contributed by atoms with Crippen LogP contribution in [0, 0.1) is 0 Å². The van der Waals surface area contributed by atoms with Crippen LogP contribution in [0.25, 0.3) is 0 Å². The average Bonchev–Trinajstić information content (AvgIpc) is 2.95. The molecule has 3 aromatic rings. The highest BCUT2D eigenvalue weighted by Gasteiger charge is 2.33. The van der Waals surface area contributed by atoms with Crippen LogP contribution in [-0.2, 0) is 26.2 Å². The van der Waals surface area contributed by atoms with E-state index >= 15 is 0 Å². The topological polar surface area (TPSA) is 86.8 Å². The Morgan fingerprint density at radius 1 is 0.975 bits per heavy atom. The average molecular weight is 647 g/mol. The van der Waals surface area contributed by atoms with Crippen molar-refractivity contribution < 1.29 is 18.0 Å². The third-order valence-corrected chi connectivity index (χ3v) is 9.62. The van der Waals surface area contributed by atoms with E-state index in [0.29, 0.717) is 10.7 Å². The van der Waals surface area contributed by atoms with Crippen LogP contribution in [0.15, 0.2) is 88.2 Å². The van der Waals surface area contributed by atoms with E-state index in [1.54, 1.807) is 49.4 Å². The van der Waals surface area contributed by atoms with Crippen molar-refractivity contribution in [3.8, 4) is 0 Å². The molecule has 0 bridgehead atoms. The van der Waals surface area contributed by atoms with Gasteiger partial charge in [0.15, 0.2) is 0 Å². The predicted molar refractivity (Wildman–Crippen MR) is 162 cm³/mol. The van der Waals surface area contributed by atoms with Gasteiger partial charge in [-0.1, -0.05) is 77.1 Å². The lowest BCUT2D eigenvalue weighted by Crippen LogP contribution is -2.53. The zero-order chi connectivity index (χ0) is 28.7. The van der Waals surface area contributed by atoms with Gasteiger partial charge in [-0.05, 0) is 73.9 Å². The first-order valence-corrected chi connectivity index (χ1v) is 15.9. The normalized spacial score (nSPS) is 14.8.